The number of likely N-dealkylation sites (N-methyl/N-ethyl adjacent to an activating group) is 1. The highest BCUT2D eigenvalue weighted by Crippen LogP contribution is 2.27. The van der Waals surface area contributed by atoms with Crippen molar-refractivity contribution in [2.75, 3.05) is 46.3 Å². The second kappa shape index (κ2) is 6.75. The van der Waals surface area contributed by atoms with E-state index in [1.54, 1.807) is 0 Å². The van der Waals surface area contributed by atoms with E-state index >= 15 is 0 Å². The summed E-state index contributed by atoms with van der Waals surface area (Å²) in [4.78, 5) is 21.9. The van der Waals surface area contributed by atoms with Gasteiger partial charge in [-0.05, 0) is 52.0 Å². The summed E-state index contributed by atoms with van der Waals surface area (Å²) >= 11 is 0. The number of piperazine rings is 1. The van der Waals surface area contributed by atoms with Crippen molar-refractivity contribution in [1.82, 2.24) is 20.1 Å². The monoisotopic (exact) mass is 302 g/mol. The smallest absolute Gasteiger partial charge is 0.255 e. The highest BCUT2D eigenvalue weighted by atomic mass is 16.2. The van der Waals surface area contributed by atoms with Crippen LogP contribution in [0.4, 0.5) is 0 Å². The molecule has 0 unspecified atom stereocenters. The van der Waals surface area contributed by atoms with E-state index in [1.807, 2.05) is 24.0 Å². The Bertz CT molecular complexity index is 531. The number of piperidine rings is 1. The number of aryl methyl sites for hydroxylation is 1. The van der Waals surface area contributed by atoms with Crippen LogP contribution in [0.3, 0.4) is 0 Å². The average molecular weight is 302 g/mol. The second-order valence-corrected chi connectivity index (χ2v) is 6.51. The first-order valence-electron chi connectivity index (χ1n) is 8.31. The van der Waals surface area contributed by atoms with Crippen molar-refractivity contribution in [2.24, 2.45) is 0 Å². The zero-order chi connectivity index (χ0) is 15.5. The van der Waals surface area contributed by atoms with E-state index in [9.17, 15) is 4.79 Å². The van der Waals surface area contributed by atoms with E-state index in [4.69, 9.17) is 4.98 Å². The molecular formula is C17H26N4O. The van der Waals surface area contributed by atoms with Crippen LogP contribution in [-0.4, -0.2) is 67.0 Å². The van der Waals surface area contributed by atoms with Crippen molar-refractivity contribution in [3.63, 3.8) is 0 Å². The highest BCUT2D eigenvalue weighted by Gasteiger charge is 2.27. The van der Waals surface area contributed by atoms with E-state index in [-0.39, 0.29) is 5.91 Å². The van der Waals surface area contributed by atoms with Gasteiger partial charge < -0.3 is 15.1 Å². The molecule has 120 valence electrons. The number of hydrogen-bond acceptors (Lipinski definition) is 4. The molecule has 1 N–H and O–H groups in total. The van der Waals surface area contributed by atoms with Crippen molar-refractivity contribution in [1.29, 1.82) is 0 Å². The van der Waals surface area contributed by atoms with Gasteiger partial charge in [0, 0.05) is 37.8 Å². The number of nitrogens with zero attached hydrogens (tertiary/aromatic N) is 3. The zero-order valence-corrected chi connectivity index (χ0v) is 13.6. The molecule has 0 saturated carbocycles. The Balaban J connectivity index is 1.84. The van der Waals surface area contributed by atoms with Crippen LogP contribution in [0.15, 0.2) is 12.1 Å². The van der Waals surface area contributed by atoms with Crippen LogP contribution in [0.25, 0.3) is 0 Å². The van der Waals surface area contributed by atoms with Crippen molar-refractivity contribution in [2.45, 2.75) is 25.7 Å². The fourth-order valence-corrected chi connectivity index (χ4v) is 3.34. The van der Waals surface area contributed by atoms with Gasteiger partial charge in [-0.1, -0.05) is 0 Å². The van der Waals surface area contributed by atoms with Gasteiger partial charge in [0.25, 0.3) is 5.91 Å². The lowest BCUT2D eigenvalue weighted by Gasteiger charge is -2.33. The van der Waals surface area contributed by atoms with E-state index in [1.165, 1.54) is 0 Å². The normalized spacial score (nSPS) is 21.1. The molecule has 0 spiro atoms. The molecule has 0 bridgehead atoms. The lowest BCUT2D eigenvalue weighted by Crippen LogP contribution is -2.47. The molecule has 3 heterocycles. The maximum absolute atomic E-state index is 12.9. The molecule has 22 heavy (non-hydrogen) atoms. The maximum Gasteiger partial charge on any atom is 0.255 e. The van der Waals surface area contributed by atoms with Gasteiger partial charge in [-0.2, -0.15) is 0 Å². The molecule has 1 aromatic heterocycles. The van der Waals surface area contributed by atoms with E-state index in [2.05, 4.69) is 17.3 Å². The fraction of sp³-hybridized carbons (Fsp3) is 0.647. The number of rotatable bonds is 2. The average Bonchev–Trinajstić information content (AvgIpc) is 2.56. The van der Waals surface area contributed by atoms with Gasteiger partial charge in [-0.15, -0.1) is 0 Å². The number of pyridine rings is 1. The van der Waals surface area contributed by atoms with Gasteiger partial charge in [-0.3, -0.25) is 9.78 Å². The third kappa shape index (κ3) is 3.31. The Kier molecular flexibility index (Phi) is 4.74. The lowest BCUT2D eigenvalue weighted by atomic mass is 9.90. The summed E-state index contributed by atoms with van der Waals surface area (Å²) in [6, 6.07) is 3.95. The Morgan fingerprint density at radius 1 is 1.18 bits per heavy atom. The fourth-order valence-electron chi connectivity index (χ4n) is 3.34. The number of carbonyl (C=O) groups is 1. The Morgan fingerprint density at radius 2 is 1.86 bits per heavy atom. The molecule has 2 aliphatic rings. The van der Waals surface area contributed by atoms with Crippen LogP contribution in [0.5, 0.6) is 0 Å². The Morgan fingerprint density at radius 3 is 2.55 bits per heavy atom. The second-order valence-electron chi connectivity index (χ2n) is 6.51. The van der Waals surface area contributed by atoms with Gasteiger partial charge >= 0.3 is 0 Å². The number of carbonyl (C=O) groups excluding carboxylic acids is 1. The SMILES string of the molecule is Cc1ccc(C(=O)N2CCN(C)CC2)c(C2CCNCC2)n1. The minimum Gasteiger partial charge on any atom is -0.336 e. The number of nitrogens with one attached hydrogen (secondary N) is 1. The van der Waals surface area contributed by atoms with Crippen molar-refractivity contribution in [3.05, 3.63) is 29.1 Å². The molecule has 0 aliphatic carbocycles. The Hall–Kier alpha value is -1.46. The van der Waals surface area contributed by atoms with E-state index in [0.717, 1.165) is 69.1 Å². The first kappa shape index (κ1) is 15.4. The van der Waals surface area contributed by atoms with Crippen LogP contribution in [0, 0.1) is 6.92 Å². The molecule has 5 nitrogen and oxygen atoms in total. The predicted octanol–water partition coefficient (Wildman–Crippen LogP) is 1.24. The van der Waals surface area contributed by atoms with Crippen LogP contribution in [-0.2, 0) is 0 Å². The summed E-state index contributed by atoms with van der Waals surface area (Å²) in [7, 11) is 2.11. The van der Waals surface area contributed by atoms with Gasteiger partial charge in [-0.25, -0.2) is 0 Å². The number of amides is 1. The molecule has 0 radical (unpaired) electrons. The third-order valence-corrected chi connectivity index (χ3v) is 4.81. The predicted molar refractivity (Wildman–Crippen MR) is 87.2 cm³/mol. The van der Waals surface area contributed by atoms with Gasteiger partial charge in [0.15, 0.2) is 0 Å². The summed E-state index contributed by atoms with van der Waals surface area (Å²) in [6.45, 7) is 7.57. The summed E-state index contributed by atoms with van der Waals surface area (Å²) < 4.78 is 0. The van der Waals surface area contributed by atoms with Gasteiger partial charge in [0.05, 0.1) is 11.3 Å². The summed E-state index contributed by atoms with van der Waals surface area (Å²) in [5, 5.41) is 3.39. The third-order valence-electron chi connectivity index (χ3n) is 4.81. The zero-order valence-electron chi connectivity index (χ0n) is 13.6. The lowest BCUT2D eigenvalue weighted by molar-refractivity contribution is 0.0661. The first-order valence-corrected chi connectivity index (χ1v) is 8.31. The molecule has 1 amide bonds. The topological polar surface area (TPSA) is 48.5 Å². The highest BCUT2D eigenvalue weighted by molar-refractivity contribution is 5.95. The van der Waals surface area contributed by atoms with Crippen molar-refractivity contribution < 1.29 is 4.79 Å². The number of hydrogen-bond donors (Lipinski definition) is 1. The molecule has 2 fully saturated rings. The van der Waals surface area contributed by atoms with Gasteiger partial charge in [0.1, 0.15) is 0 Å². The van der Waals surface area contributed by atoms with E-state index < -0.39 is 0 Å². The van der Waals surface area contributed by atoms with Crippen molar-refractivity contribution in [3.8, 4) is 0 Å². The molecule has 2 aliphatic heterocycles. The molecule has 3 rings (SSSR count). The van der Waals surface area contributed by atoms with Crippen molar-refractivity contribution >= 4 is 5.91 Å². The Labute approximate surface area is 132 Å². The molecule has 0 atom stereocenters. The summed E-state index contributed by atoms with van der Waals surface area (Å²) in [6.07, 6.45) is 2.14. The van der Waals surface area contributed by atoms with Crippen LogP contribution >= 0.6 is 0 Å². The minimum atomic E-state index is 0.161. The standard InChI is InChI=1S/C17H26N4O/c1-13-3-4-15(16(19-13)14-5-7-18-8-6-14)17(22)21-11-9-20(2)10-12-21/h3-4,14,18H,5-12H2,1-2H3. The summed E-state index contributed by atoms with van der Waals surface area (Å²) in [5.41, 5.74) is 2.84. The summed E-state index contributed by atoms with van der Waals surface area (Å²) in [5.74, 6) is 0.571. The quantitative estimate of drug-likeness (QED) is 0.893. The van der Waals surface area contributed by atoms with E-state index in [0.29, 0.717) is 5.92 Å². The maximum atomic E-state index is 12.9. The molecule has 5 heteroatoms. The largest absolute Gasteiger partial charge is 0.336 e. The molecular weight excluding hydrogens is 276 g/mol. The molecule has 1 aromatic rings. The molecule has 2 saturated heterocycles. The van der Waals surface area contributed by atoms with Crippen LogP contribution < -0.4 is 5.32 Å². The first-order chi connectivity index (χ1) is 10.6. The molecule has 0 aromatic carbocycles. The number of aromatic nitrogens is 1. The van der Waals surface area contributed by atoms with Crippen LogP contribution in [0.1, 0.15) is 40.5 Å². The minimum absolute atomic E-state index is 0.161. The van der Waals surface area contributed by atoms with Crippen LogP contribution in [0.2, 0.25) is 0 Å². The van der Waals surface area contributed by atoms with Gasteiger partial charge in [0.2, 0.25) is 0 Å².